The number of aryl methyl sites for hydroxylation is 1. The number of aliphatic hydroxyl groups excluding tert-OH is 1. The summed E-state index contributed by atoms with van der Waals surface area (Å²) in [6.07, 6.45) is 1.74. The minimum absolute atomic E-state index is 0.0171. The van der Waals surface area contributed by atoms with E-state index in [1.807, 2.05) is 51.2 Å². The van der Waals surface area contributed by atoms with Gasteiger partial charge in [-0.25, -0.2) is 9.58 Å². The molecule has 0 saturated carbocycles. The first kappa shape index (κ1) is 33.9. The second-order valence-electron chi connectivity index (χ2n) is 12.1. The molecule has 0 unspecified atom stereocenters. The number of carbonyl (C=O) groups excluding carboxylic acids is 3. The Morgan fingerprint density at radius 3 is 2.43 bits per heavy atom. The number of aliphatic hydroxyl groups is 1. The number of fused-ring (bicyclic) bond motifs is 1. The zero-order valence-electron chi connectivity index (χ0n) is 27.6. The maximum absolute atomic E-state index is 14.1. The topological polar surface area (TPSA) is 132 Å². The molecule has 49 heavy (non-hydrogen) atoms. The molecule has 0 spiro atoms. The fraction of sp³-hybridized carbons (Fsp3) is 0.297. The van der Waals surface area contributed by atoms with Crippen molar-refractivity contribution in [2.45, 2.75) is 45.8 Å². The van der Waals surface area contributed by atoms with E-state index in [9.17, 15) is 24.3 Å². The van der Waals surface area contributed by atoms with Crippen molar-refractivity contribution in [3.63, 3.8) is 0 Å². The molecule has 11 nitrogen and oxygen atoms in total. The minimum Gasteiger partial charge on any atom is -0.459 e. The Labute approximate surface area is 288 Å². The van der Waals surface area contributed by atoms with Gasteiger partial charge in [-0.1, -0.05) is 29.8 Å². The largest absolute Gasteiger partial charge is 0.459 e. The summed E-state index contributed by atoms with van der Waals surface area (Å²) in [6.45, 7) is 5.68. The highest BCUT2D eigenvalue weighted by Gasteiger charge is 2.41. The van der Waals surface area contributed by atoms with E-state index < -0.39 is 29.9 Å². The number of halogens is 1. The summed E-state index contributed by atoms with van der Waals surface area (Å²) < 4.78 is 15.5. The number of nitrogens with one attached hydrogen (secondary N) is 1. The van der Waals surface area contributed by atoms with E-state index in [-0.39, 0.29) is 35.0 Å². The highest BCUT2D eigenvalue weighted by Crippen LogP contribution is 2.40. The minimum atomic E-state index is -0.858. The van der Waals surface area contributed by atoms with Crippen molar-refractivity contribution in [3.8, 4) is 5.69 Å². The fourth-order valence-corrected chi connectivity index (χ4v) is 6.85. The zero-order valence-corrected chi connectivity index (χ0v) is 28.4. The molecular formula is C37H37ClN4O7. The summed E-state index contributed by atoms with van der Waals surface area (Å²) in [5.41, 5.74) is 3.58. The molecule has 254 valence electrons. The van der Waals surface area contributed by atoms with E-state index in [4.69, 9.17) is 21.1 Å². The van der Waals surface area contributed by atoms with Gasteiger partial charge in [0.05, 0.1) is 22.5 Å². The van der Waals surface area contributed by atoms with Gasteiger partial charge in [0.1, 0.15) is 0 Å². The molecule has 3 atom stereocenters. The first-order valence-electron chi connectivity index (χ1n) is 16.1. The maximum atomic E-state index is 14.1. The summed E-state index contributed by atoms with van der Waals surface area (Å²) in [5.74, 6) is -2.44. The number of carbonyl (C=O) groups is 3. The van der Waals surface area contributed by atoms with Gasteiger partial charge in [0, 0.05) is 54.1 Å². The number of hydrogen-bond acceptors (Lipinski definition) is 7. The van der Waals surface area contributed by atoms with Crippen LogP contribution in [-0.2, 0) is 21.3 Å². The Bertz CT molecular complexity index is 2030. The average molecular weight is 685 g/mol. The predicted molar refractivity (Wildman–Crippen MR) is 185 cm³/mol. The van der Waals surface area contributed by atoms with Gasteiger partial charge in [-0.05, 0) is 93.8 Å². The van der Waals surface area contributed by atoms with Crippen molar-refractivity contribution >= 4 is 40.7 Å². The number of anilines is 2. The molecule has 3 amide bonds. The summed E-state index contributed by atoms with van der Waals surface area (Å²) >= 11 is 6.07. The fourth-order valence-electron chi connectivity index (χ4n) is 6.68. The molecule has 1 aromatic heterocycles. The molecule has 0 bridgehead atoms. The van der Waals surface area contributed by atoms with Crippen LogP contribution in [0.25, 0.3) is 5.69 Å². The molecule has 0 aliphatic carbocycles. The summed E-state index contributed by atoms with van der Waals surface area (Å²) in [5, 5.41) is 12.9. The standard InChI is InChI=1S/C37H37ClN4O7/c1-5-48-37-27(12-9-17-43)28(32-22(3)40(4)42(36(32)47)25-10-7-6-8-11-25)20-31(49-37)33(44)39-24-14-16-30(21(2)18-24)41-34(45)26-15-13-23(38)19-29(26)35(41)46/h6-8,10-11,13-16,18-20,27-28,37,43H,5,9,12,17H2,1-4H3,(H,39,44)/t27-,28+,37-/m1/s1. The van der Waals surface area contributed by atoms with Crippen LogP contribution in [0.2, 0.25) is 5.02 Å². The Morgan fingerprint density at radius 1 is 1.00 bits per heavy atom. The highest BCUT2D eigenvalue weighted by atomic mass is 35.5. The van der Waals surface area contributed by atoms with Crippen LogP contribution in [0.5, 0.6) is 0 Å². The molecule has 0 radical (unpaired) electrons. The SMILES string of the molecule is CCO[C@@H]1OC(C(=O)Nc2ccc(N3C(=O)c4ccc(Cl)cc4C3=O)c(C)c2)=C[C@H](c2c(C)n(C)n(-c3ccccc3)c2=O)[C@H]1CCCO. The van der Waals surface area contributed by atoms with E-state index in [1.165, 1.54) is 12.1 Å². The van der Waals surface area contributed by atoms with Gasteiger partial charge >= 0.3 is 0 Å². The molecular weight excluding hydrogens is 648 g/mol. The van der Waals surface area contributed by atoms with Gasteiger partial charge in [0.2, 0.25) is 6.29 Å². The third kappa shape index (κ3) is 6.21. The number of nitrogens with zero attached hydrogens (tertiary/aromatic N) is 3. The van der Waals surface area contributed by atoms with Crippen molar-refractivity contribution < 1.29 is 29.0 Å². The molecule has 2 aliphatic heterocycles. The van der Waals surface area contributed by atoms with Crippen LogP contribution >= 0.6 is 11.6 Å². The van der Waals surface area contributed by atoms with Gasteiger partial charge in [-0.3, -0.25) is 23.9 Å². The molecule has 0 fully saturated rings. The van der Waals surface area contributed by atoms with Crippen molar-refractivity contribution in [1.82, 2.24) is 9.36 Å². The van der Waals surface area contributed by atoms with Crippen LogP contribution in [0.15, 0.2) is 83.4 Å². The predicted octanol–water partition coefficient (Wildman–Crippen LogP) is 5.63. The van der Waals surface area contributed by atoms with E-state index in [1.54, 1.807) is 46.6 Å². The number of ether oxygens (including phenoxy) is 2. The summed E-state index contributed by atoms with van der Waals surface area (Å²) in [6, 6.07) is 18.7. The molecule has 2 aliphatic rings. The number of allylic oxidation sites excluding steroid dienone is 1. The van der Waals surface area contributed by atoms with Crippen LogP contribution in [0, 0.1) is 19.8 Å². The molecule has 3 aromatic carbocycles. The third-order valence-electron chi connectivity index (χ3n) is 9.11. The normalized spacial score (nSPS) is 18.7. The number of para-hydroxylation sites is 1. The number of aromatic nitrogens is 2. The monoisotopic (exact) mass is 684 g/mol. The number of amides is 3. The van der Waals surface area contributed by atoms with Gasteiger partial charge in [-0.2, -0.15) is 0 Å². The maximum Gasteiger partial charge on any atom is 0.290 e. The molecule has 4 aromatic rings. The Balaban J connectivity index is 1.33. The number of hydrogen-bond donors (Lipinski definition) is 2. The van der Waals surface area contributed by atoms with E-state index in [2.05, 4.69) is 5.32 Å². The average Bonchev–Trinajstić information content (AvgIpc) is 3.46. The second-order valence-corrected chi connectivity index (χ2v) is 12.5. The molecule has 3 heterocycles. The zero-order chi connectivity index (χ0) is 35.0. The van der Waals surface area contributed by atoms with Gasteiger partial charge in [0.15, 0.2) is 5.76 Å². The molecule has 12 heteroatoms. The molecule has 2 N–H and O–H groups in total. The highest BCUT2D eigenvalue weighted by molar-refractivity contribution is 6.37. The van der Waals surface area contributed by atoms with E-state index in [0.29, 0.717) is 52.7 Å². The number of imide groups is 1. The second kappa shape index (κ2) is 13.9. The third-order valence-corrected chi connectivity index (χ3v) is 9.35. The Morgan fingerprint density at radius 2 is 1.73 bits per heavy atom. The lowest BCUT2D eigenvalue weighted by Gasteiger charge is -2.36. The van der Waals surface area contributed by atoms with Crippen molar-refractivity contribution in [3.05, 3.63) is 122 Å². The van der Waals surface area contributed by atoms with Crippen LogP contribution < -0.4 is 15.8 Å². The molecule has 6 rings (SSSR count). The van der Waals surface area contributed by atoms with Crippen LogP contribution in [0.4, 0.5) is 11.4 Å². The number of benzene rings is 3. The lowest BCUT2D eigenvalue weighted by molar-refractivity contribution is -0.165. The van der Waals surface area contributed by atoms with Crippen LogP contribution in [-0.4, -0.2) is 51.7 Å². The Kier molecular flexibility index (Phi) is 9.60. The van der Waals surface area contributed by atoms with Crippen molar-refractivity contribution in [2.75, 3.05) is 23.4 Å². The Hall–Kier alpha value is -4.97. The van der Waals surface area contributed by atoms with E-state index in [0.717, 1.165) is 10.6 Å². The summed E-state index contributed by atoms with van der Waals surface area (Å²) in [7, 11) is 1.82. The van der Waals surface area contributed by atoms with E-state index >= 15 is 0 Å². The van der Waals surface area contributed by atoms with Gasteiger partial charge in [0.25, 0.3) is 23.3 Å². The first-order valence-corrected chi connectivity index (χ1v) is 16.5. The first-order chi connectivity index (χ1) is 23.5. The van der Waals surface area contributed by atoms with Crippen molar-refractivity contribution in [1.29, 1.82) is 0 Å². The van der Waals surface area contributed by atoms with Crippen LogP contribution in [0.1, 0.15) is 63.2 Å². The number of rotatable bonds is 10. The summed E-state index contributed by atoms with van der Waals surface area (Å²) in [4.78, 5) is 55.3. The van der Waals surface area contributed by atoms with Crippen LogP contribution in [0.3, 0.4) is 0 Å². The van der Waals surface area contributed by atoms with Crippen molar-refractivity contribution in [2.24, 2.45) is 13.0 Å². The smallest absolute Gasteiger partial charge is 0.290 e. The quantitative estimate of drug-likeness (QED) is 0.207. The lowest BCUT2D eigenvalue weighted by atomic mass is 9.80. The lowest BCUT2D eigenvalue weighted by Crippen LogP contribution is -2.39. The molecule has 0 saturated heterocycles. The van der Waals surface area contributed by atoms with Gasteiger partial charge in [-0.15, -0.1) is 0 Å². The van der Waals surface area contributed by atoms with Gasteiger partial charge < -0.3 is 19.9 Å².